The maximum atomic E-state index is 6.49. The second-order valence-electron chi connectivity index (χ2n) is 5.62. The van der Waals surface area contributed by atoms with Crippen LogP contribution < -0.4 is 15.2 Å². The first-order valence-corrected chi connectivity index (χ1v) is 7.85. The summed E-state index contributed by atoms with van der Waals surface area (Å²) in [7, 11) is 3.23. The maximum Gasteiger partial charge on any atom is 0.179 e. The lowest BCUT2D eigenvalue weighted by atomic mass is 9.95. The Balaban J connectivity index is 2.25. The second kappa shape index (κ2) is 7.34. The first kappa shape index (κ1) is 16.4. The Hall–Kier alpha value is -0.970. The fourth-order valence-corrected chi connectivity index (χ4v) is 3.42. The van der Waals surface area contributed by atoms with Crippen molar-refractivity contribution in [2.45, 2.75) is 44.8 Å². The van der Waals surface area contributed by atoms with Gasteiger partial charge in [0.05, 0.1) is 19.2 Å². The Kier molecular flexibility index (Phi) is 5.73. The SMILES string of the molecule is COc1ccc(CN2C(C)CCCC2CN)c(Cl)c1OC. The largest absolute Gasteiger partial charge is 0.493 e. The summed E-state index contributed by atoms with van der Waals surface area (Å²) < 4.78 is 10.7. The molecule has 0 bridgehead atoms. The highest BCUT2D eigenvalue weighted by atomic mass is 35.5. The highest BCUT2D eigenvalue weighted by Gasteiger charge is 2.28. The van der Waals surface area contributed by atoms with Gasteiger partial charge in [-0.1, -0.05) is 24.1 Å². The quantitative estimate of drug-likeness (QED) is 0.908. The molecule has 2 rings (SSSR count). The third kappa shape index (κ3) is 3.44. The zero-order valence-corrected chi connectivity index (χ0v) is 13.8. The van der Waals surface area contributed by atoms with Crippen molar-refractivity contribution in [3.8, 4) is 11.5 Å². The molecule has 1 saturated heterocycles. The Labute approximate surface area is 132 Å². The third-order valence-electron chi connectivity index (χ3n) is 4.38. The van der Waals surface area contributed by atoms with E-state index in [2.05, 4.69) is 11.8 Å². The van der Waals surface area contributed by atoms with Gasteiger partial charge in [0.25, 0.3) is 0 Å². The van der Waals surface area contributed by atoms with Crippen LogP contribution in [0.5, 0.6) is 11.5 Å². The minimum Gasteiger partial charge on any atom is -0.493 e. The van der Waals surface area contributed by atoms with E-state index in [0.717, 1.165) is 18.5 Å². The van der Waals surface area contributed by atoms with E-state index >= 15 is 0 Å². The first-order valence-electron chi connectivity index (χ1n) is 7.47. The summed E-state index contributed by atoms with van der Waals surface area (Å²) >= 11 is 6.49. The Bertz CT molecular complexity index is 482. The van der Waals surface area contributed by atoms with Crippen molar-refractivity contribution in [1.29, 1.82) is 0 Å². The Morgan fingerprint density at radius 1 is 1.29 bits per heavy atom. The molecule has 2 atom stereocenters. The zero-order valence-electron chi connectivity index (χ0n) is 13.1. The molecule has 0 saturated carbocycles. The molecule has 0 spiro atoms. The fourth-order valence-electron chi connectivity index (χ4n) is 3.13. The van der Waals surface area contributed by atoms with Gasteiger partial charge >= 0.3 is 0 Å². The van der Waals surface area contributed by atoms with Crippen LogP contribution >= 0.6 is 11.6 Å². The van der Waals surface area contributed by atoms with Crippen LogP contribution in [0.4, 0.5) is 0 Å². The van der Waals surface area contributed by atoms with Gasteiger partial charge in [0.1, 0.15) is 0 Å². The molecule has 1 aromatic rings. The predicted octanol–water partition coefficient (Wildman–Crippen LogP) is 3.06. The highest BCUT2D eigenvalue weighted by Crippen LogP contribution is 2.38. The molecule has 1 aliphatic heterocycles. The van der Waals surface area contributed by atoms with Crippen molar-refractivity contribution >= 4 is 11.6 Å². The summed E-state index contributed by atoms with van der Waals surface area (Å²) in [4.78, 5) is 2.45. The van der Waals surface area contributed by atoms with E-state index in [1.54, 1.807) is 14.2 Å². The monoisotopic (exact) mass is 312 g/mol. The number of nitrogens with two attached hydrogens (primary N) is 1. The molecule has 4 nitrogen and oxygen atoms in total. The molecule has 2 unspecified atom stereocenters. The number of benzene rings is 1. The van der Waals surface area contributed by atoms with Crippen molar-refractivity contribution < 1.29 is 9.47 Å². The topological polar surface area (TPSA) is 47.7 Å². The highest BCUT2D eigenvalue weighted by molar-refractivity contribution is 6.33. The number of halogens is 1. The van der Waals surface area contributed by atoms with Crippen LogP contribution in [0.3, 0.4) is 0 Å². The molecule has 0 aliphatic carbocycles. The number of ether oxygens (including phenoxy) is 2. The fraction of sp³-hybridized carbons (Fsp3) is 0.625. The summed E-state index contributed by atoms with van der Waals surface area (Å²) in [5.74, 6) is 1.26. The molecule has 0 amide bonds. The Morgan fingerprint density at radius 2 is 2.05 bits per heavy atom. The van der Waals surface area contributed by atoms with Gasteiger partial charge in [-0.3, -0.25) is 4.90 Å². The first-order chi connectivity index (χ1) is 10.1. The van der Waals surface area contributed by atoms with E-state index in [0.29, 0.717) is 35.2 Å². The maximum absolute atomic E-state index is 6.49. The minimum atomic E-state index is 0.429. The average molecular weight is 313 g/mol. The normalized spacial score (nSPS) is 23.1. The molecule has 118 valence electrons. The van der Waals surface area contributed by atoms with Crippen LogP contribution in [0.2, 0.25) is 5.02 Å². The Morgan fingerprint density at radius 3 is 2.67 bits per heavy atom. The summed E-state index contributed by atoms with van der Waals surface area (Å²) in [5, 5.41) is 0.630. The average Bonchev–Trinajstić information content (AvgIpc) is 2.50. The molecule has 21 heavy (non-hydrogen) atoms. The van der Waals surface area contributed by atoms with Crippen LogP contribution in [0.15, 0.2) is 12.1 Å². The van der Waals surface area contributed by atoms with Crippen molar-refractivity contribution in [2.24, 2.45) is 5.73 Å². The number of methoxy groups -OCH3 is 2. The van der Waals surface area contributed by atoms with Gasteiger partial charge in [-0.25, -0.2) is 0 Å². The van der Waals surface area contributed by atoms with Crippen LogP contribution in [-0.4, -0.2) is 37.7 Å². The van der Waals surface area contributed by atoms with E-state index in [4.69, 9.17) is 26.8 Å². The molecule has 1 aliphatic rings. The molecule has 1 heterocycles. The van der Waals surface area contributed by atoms with E-state index in [9.17, 15) is 0 Å². The predicted molar refractivity (Wildman–Crippen MR) is 86.3 cm³/mol. The minimum absolute atomic E-state index is 0.429. The van der Waals surface area contributed by atoms with Gasteiger partial charge in [0.2, 0.25) is 0 Å². The lowest BCUT2D eigenvalue weighted by Gasteiger charge is -2.40. The second-order valence-corrected chi connectivity index (χ2v) is 5.99. The van der Waals surface area contributed by atoms with Gasteiger partial charge < -0.3 is 15.2 Å². The summed E-state index contributed by atoms with van der Waals surface area (Å²) in [5.41, 5.74) is 6.99. The molecule has 1 fully saturated rings. The van der Waals surface area contributed by atoms with Crippen LogP contribution in [0.1, 0.15) is 31.7 Å². The van der Waals surface area contributed by atoms with Crippen LogP contribution in [0, 0.1) is 0 Å². The number of piperidine rings is 1. The number of likely N-dealkylation sites (tertiary alicyclic amines) is 1. The van der Waals surface area contributed by atoms with Gasteiger partial charge in [0.15, 0.2) is 11.5 Å². The van der Waals surface area contributed by atoms with E-state index in [1.807, 2.05) is 12.1 Å². The van der Waals surface area contributed by atoms with Gasteiger partial charge in [-0.2, -0.15) is 0 Å². The van der Waals surface area contributed by atoms with Crippen molar-refractivity contribution in [3.63, 3.8) is 0 Å². The summed E-state index contributed by atoms with van der Waals surface area (Å²) in [6, 6.07) is 4.87. The molecular weight excluding hydrogens is 288 g/mol. The van der Waals surface area contributed by atoms with E-state index < -0.39 is 0 Å². The smallest absolute Gasteiger partial charge is 0.179 e. The third-order valence-corrected chi connectivity index (χ3v) is 4.80. The summed E-state index contributed by atoms with van der Waals surface area (Å²) in [6.07, 6.45) is 3.62. The summed E-state index contributed by atoms with van der Waals surface area (Å²) in [6.45, 7) is 3.74. The zero-order chi connectivity index (χ0) is 15.4. The standard InChI is InChI=1S/C16H25ClN2O2/c1-11-5-4-6-13(9-18)19(11)10-12-7-8-14(20-2)16(21-3)15(12)17/h7-8,11,13H,4-6,9-10,18H2,1-3H3. The number of hydrogen-bond donors (Lipinski definition) is 1. The van der Waals surface area contributed by atoms with Gasteiger partial charge in [-0.15, -0.1) is 0 Å². The van der Waals surface area contributed by atoms with Gasteiger partial charge in [-0.05, 0) is 31.4 Å². The molecular formula is C16H25ClN2O2. The van der Waals surface area contributed by atoms with Crippen molar-refractivity contribution in [1.82, 2.24) is 4.90 Å². The van der Waals surface area contributed by atoms with E-state index in [1.165, 1.54) is 12.8 Å². The lowest BCUT2D eigenvalue weighted by Crippen LogP contribution is -2.48. The molecule has 5 heteroatoms. The molecule has 1 aromatic carbocycles. The molecule has 0 radical (unpaired) electrons. The lowest BCUT2D eigenvalue weighted by molar-refractivity contribution is 0.0891. The number of rotatable bonds is 5. The van der Waals surface area contributed by atoms with Crippen LogP contribution in [-0.2, 0) is 6.54 Å². The van der Waals surface area contributed by atoms with Crippen molar-refractivity contribution in [3.05, 3.63) is 22.7 Å². The molecule has 0 aromatic heterocycles. The van der Waals surface area contributed by atoms with E-state index in [-0.39, 0.29) is 0 Å². The van der Waals surface area contributed by atoms with Crippen molar-refractivity contribution in [2.75, 3.05) is 20.8 Å². The number of nitrogens with zero attached hydrogens (tertiary/aromatic N) is 1. The van der Waals surface area contributed by atoms with Crippen LogP contribution in [0.25, 0.3) is 0 Å². The molecule has 2 N–H and O–H groups in total. The number of hydrogen-bond acceptors (Lipinski definition) is 4. The van der Waals surface area contributed by atoms with Gasteiger partial charge in [0, 0.05) is 25.2 Å².